The predicted molar refractivity (Wildman–Crippen MR) is 73.6 cm³/mol. The van der Waals surface area contributed by atoms with Crippen LogP contribution in [0.25, 0.3) is 0 Å². The smallest absolute Gasteiger partial charge is 0.142 e. The molecule has 1 aliphatic carbocycles. The lowest BCUT2D eigenvalue weighted by Crippen LogP contribution is -2.08. The zero-order chi connectivity index (χ0) is 14.1. The number of hydrogen-bond donors (Lipinski definition) is 1. The maximum Gasteiger partial charge on any atom is 0.142 e. The van der Waals surface area contributed by atoms with E-state index in [1.165, 1.54) is 6.33 Å². The quantitative estimate of drug-likeness (QED) is 0.681. The van der Waals surface area contributed by atoms with E-state index >= 15 is 0 Å². The van der Waals surface area contributed by atoms with E-state index in [2.05, 4.69) is 9.97 Å². The number of nitrogens with zero attached hydrogens (tertiary/aromatic N) is 2. The molecule has 20 heavy (non-hydrogen) atoms. The second-order valence-corrected chi connectivity index (χ2v) is 5.73. The van der Waals surface area contributed by atoms with Crippen LogP contribution in [0.3, 0.4) is 0 Å². The Hall–Kier alpha value is -1.69. The minimum atomic E-state index is -0.657. The van der Waals surface area contributed by atoms with E-state index in [-0.39, 0.29) is 10.6 Å². The number of rotatable bonds is 2. The SMILES string of the molecule is Nc1cc(F)c(Sc2ncnc3c2CCCC3)c(F)c1. The first-order chi connectivity index (χ1) is 9.65. The van der Waals surface area contributed by atoms with Crippen LogP contribution in [-0.4, -0.2) is 9.97 Å². The van der Waals surface area contributed by atoms with E-state index in [1.54, 1.807) is 0 Å². The zero-order valence-electron chi connectivity index (χ0n) is 10.7. The van der Waals surface area contributed by atoms with Gasteiger partial charge in [0, 0.05) is 16.9 Å². The lowest BCUT2D eigenvalue weighted by Gasteiger charge is -2.17. The molecule has 3 nitrogen and oxygen atoms in total. The van der Waals surface area contributed by atoms with Crippen LogP contribution in [0, 0.1) is 11.6 Å². The molecule has 1 aromatic heterocycles. The van der Waals surface area contributed by atoms with E-state index in [0.29, 0.717) is 5.03 Å². The van der Waals surface area contributed by atoms with Gasteiger partial charge in [-0.2, -0.15) is 0 Å². The fourth-order valence-corrected chi connectivity index (χ4v) is 3.30. The van der Waals surface area contributed by atoms with Crippen molar-refractivity contribution in [3.8, 4) is 0 Å². The maximum absolute atomic E-state index is 13.8. The van der Waals surface area contributed by atoms with E-state index in [1.807, 2.05) is 0 Å². The third-order valence-corrected chi connectivity index (χ3v) is 4.44. The van der Waals surface area contributed by atoms with Crippen molar-refractivity contribution in [2.24, 2.45) is 0 Å². The average Bonchev–Trinajstić information content (AvgIpc) is 2.43. The number of aromatic nitrogens is 2. The lowest BCUT2D eigenvalue weighted by atomic mass is 9.98. The molecule has 1 heterocycles. The van der Waals surface area contributed by atoms with Crippen molar-refractivity contribution in [1.82, 2.24) is 9.97 Å². The number of fused-ring (bicyclic) bond motifs is 1. The van der Waals surface area contributed by atoms with Crippen molar-refractivity contribution in [1.29, 1.82) is 0 Å². The third-order valence-electron chi connectivity index (χ3n) is 3.30. The second kappa shape index (κ2) is 5.36. The summed E-state index contributed by atoms with van der Waals surface area (Å²) in [6.07, 6.45) is 5.37. The molecular formula is C14H13F2N3S. The van der Waals surface area contributed by atoms with Gasteiger partial charge >= 0.3 is 0 Å². The topological polar surface area (TPSA) is 51.8 Å². The summed E-state index contributed by atoms with van der Waals surface area (Å²) in [5.41, 5.74) is 7.50. The van der Waals surface area contributed by atoms with Gasteiger partial charge in [-0.1, -0.05) is 11.8 Å². The highest BCUT2D eigenvalue weighted by atomic mass is 32.2. The van der Waals surface area contributed by atoms with Crippen LogP contribution in [0.15, 0.2) is 28.4 Å². The highest BCUT2D eigenvalue weighted by Crippen LogP contribution is 2.36. The highest BCUT2D eigenvalue weighted by molar-refractivity contribution is 7.99. The molecule has 2 aromatic rings. The van der Waals surface area contributed by atoms with Crippen LogP contribution in [-0.2, 0) is 12.8 Å². The number of nitrogens with two attached hydrogens (primary N) is 1. The van der Waals surface area contributed by atoms with Crippen molar-refractivity contribution < 1.29 is 8.78 Å². The van der Waals surface area contributed by atoms with Gasteiger partial charge in [-0.05, 0) is 37.8 Å². The summed E-state index contributed by atoms with van der Waals surface area (Å²) in [4.78, 5) is 8.36. The fourth-order valence-electron chi connectivity index (χ4n) is 2.35. The van der Waals surface area contributed by atoms with Gasteiger partial charge in [0.1, 0.15) is 23.0 Å². The molecule has 0 saturated heterocycles. The molecule has 104 valence electrons. The van der Waals surface area contributed by atoms with Gasteiger partial charge in [0.25, 0.3) is 0 Å². The van der Waals surface area contributed by atoms with Crippen LogP contribution in [0.2, 0.25) is 0 Å². The summed E-state index contributed by atoms with van der Waals surface area (Å²) in [6.45, 7) is 0. The number of benzene rings is 1. The van der Waals surface area contributed by atoms with Crippen molar-refractivity contribution in [2.75, 3.05) is 5.73 Å². The molecule has 0 unspecified atom stereocenters. The van der Waals surface area contributed by atoms with Crippen LogP contribution < -0.4 is 5.73 Å². The molecule has 2 N–H and O–H groups in total. The molecule has 0 bridgehead atoms. The van der Waals surface area contributed by atoms with Gasteiger partial charge < -0.3 is 5.73 Å². The molecule has 0 spiro atoms. The summed E-state index contributed by atoms with van der Waals surface area (Å²) < 4.78 is 27.7. The van der Waals surface area contributed by atoms with E-state index in [9.17, 15) is 8.78 Å². The zero-order valence-corrected chi connectivity index (χ0v) is 11.5. The summed E-state index contributed by atoms with van der Waals surface area (Å²) >= 11 is 1.01. The monoisotopic (exact) mass is 293 g/mol. The van der Waals surface area contributed by atoms with E-state index in [4.69, 9.17) is 5.73 Å². The average molecular weight is 293 g/mol. The number of anilines is 1. The molecule has 0 radical (unpaired) electrons. The fraction of sp³-hybridized carbons (Fsp3) is 0.286. The standard InChI is InChI=1S/C14H13F2N3S/c15-10-5-8(17)6-11(16)13(10)20-14-9-3-1-2-4-12(9)18-7-19-14/h5-7H,1-4,17H2. The largest absolute Gasteiger partial charge is 0.399 e. The molecule has 3 rings (SSSR count). The first kappa shape index (κ1) is 13.3. The number of halogens is 2. The molecule has 0 fully saturated rings. The number of aryl methyl sites for hydroxylation is 1. The molecule has 0 aliphatic heterocycles. The third kappa shape index (κ3) is 2.47. The van der Waals surface area contributed by atoms with Crippen LogP contribution in [0.4, 0.5) is 14.5 Å². The molecule has 1 aliphatic rings. The Morgan fingerprint density at radius 2 is 1.75 bits per heavy atom. The molecule has 0 atom stereocenters. The maximum atomic E-state index is 13.8. The second-order valence-electron chi connectivity index (χ2n) is 4.73. The highest BCUT2D eigenvalue weighted by Gasteiger charge is 2.19. The number of hydrogen-bond acceptors (Lipinski definition) is 4. The summed E-state index contributed by atoms with van der Waals surface area (Å²) in [7, 11) is 0. The Balaban J connectivity index is 2.00. The van der Waals surface area contributed by atoms with Gasteiger partial charge in [0.2, 0.25) is 0 Å². The summed E-state index contributed by atoms with van der Waals surface area (Å²) in [5.74, 6) is -1.31. The van der Waals surface area contributed by atoms with Crippen LogP contribution in [0.5, 0.6) is 0 Å². The molecule has 6 heteroatoms. The molecule has 0 saturated carbocycles. The lowest BCUT2D eigenvalue weighted by molar-refractivity contribution is 0.541. The summed E-state index contributed by atoms with van der Waals surface area (Å²) in [6, 6.07) is 2.25. The number of nitrogen functional groups attached to an aromatic ring is 1. The van der Waals surface area contributed by atoms with Crippen LogP contribution >= 0.6 is 11.8 Å². The molecular weight excluding hydrogens is 280 g/mol. The van der Waals surface area contributed by atoms with Crippen molar-refractivity contribution >= 4 is 17.4 Å². The Labute approximate surface area is 119 Å². The normalized spacial score (nSPS) is 14.1. The van der Waals surface area contributed by atoms with Crippen molar-refractivity contribution in [3.63, 3.8) is 0 Å². The van der Waals surface area contributed by atoms with Gasteiger partial charge in [0.05, 0.1) is 4.90 Å². The van der Waals surface area contributed by atoms with Gasteiger partial charge in [-0.3, -0.25) is 0 Å². The Morgan fingerprint density at radius 3 is 2.50 bits per heavy atom. The minimum Gasteiger partial charge on any atom is -0.399 e. The Morgan fingerprint density at radius 1 is 1.05 bits per heavy atom. The van der Waals surface area contributed by atoms with E-state index < -0.39 is 11.6 Å². The van der Waals surface area contributed by atoms with Gasteiger partial charge in [-0.25, -0.2) is 18.7 Å². The van der Waals surface area contributed by atoms with Crippen molar-refractivity contribution in [2.45, 2.75) is 35.6 Å². The van der Waals surface area contributed by atoms with Crippen LogP contribution in [0.1, 0.15) is 24.1 Å². The van der Waals surface area contributed by atoms with Gasteiger partial charge in [0.15, 0.2) is 0 Å². The Bertz CT molecular complexity index is 638. The predicted octanol–water partition coefficient (Wildman–Crippen LogP) is 3.37. The first-order valence-corrected chi connectivity index (χ1v) is 7.22. The van der Waals surface area contributed by atoms with E-state index in [0.717, 1.165) is 60.8 Å². The molecule has 0 amide bonds. The van der Waals surface area contributed by atoms with Crippen molar-refractivity contribution in [3.05, 3.63) is 41.4 Å². The first-order valence-electron chi connectivity index (χ1n) is 6.40. The molecule has 1 aromatic carbocycles. The Kier molecular flexibility index (Phi) is 3.56. The minimum absolute atomic E-state index is 0.0642. The van der Waals surface area contributed by atoms with Gasteiger partial charge in [-0.15, -0.1) is 0 Å². The summed E-state index contributed by atoms with van der Waals surface area (Å²) in [5, 5.41) is 0.636.